The maximum atomic E-state index is 2.53. The lowest BCUT2D eigenvalue weighted by molar-refractivity contribution is 0.753. The first-order valence-electron chi connectivity index (χ1n) is 28.6. The fraction of sp³-hybridized carbons (Fsp3) is 0.0127. The summed E-state index contributed by atoms with van der Waals surface area (Å²) < 4.78 is 0. The second-order valence-electron chi connectivity index (χ2n) is 21.8. The Hall–Kier alpha value is -9.91. The van der Waals surface area contributed by atoms with Crippen LogP contribution in [-0.4, -0.2) is 16.1 Å². The maximum Gasteiger partial charge on any atom is 0.179 e. The van der Waals surface area contributed by atoms with Crippen LogP contribution in [0.3, 0.4) is 0 Å². The van der Waals surface area contributed by atoms with Crippen LogP contribution in [0, 0.1) is 0 Å². The highest BCUT2D eigenvalue weighted by molar-refractivity contribution is 7.20. The Labute approximate surface area is 483 Å². The van der Waals surface area contributed by atoms with E-state index in [-0.39, 0.29) is 0 Å². The Morgan fingerprint density at radius 1 is 0.207 bits per heavy atom. The molecular weight excluding hydrogens is 1020 g/mol. The molecule has 13 aromatic carbocycles. The number of hydrogen-bond acceptors (Lipinski definition) is 1. The van der Waals surface area contributed by atoms with Crippen molar-refractivity contribution in [3.05, 3.63) is 368 Å². The lowest BCUT2D eigenvalue weighted by Gasteiger charge is -2.45. The van der Waals surface area contributed by atoms with Crippen molar-refractivity contribution < 1.29 is 0 Å². The number of hydrogen-bond donors (Lipinski definition) is 0. The summed E-state index contributed by atoms with van der Waals surface area (Å²) in [5.74, 6) is 0. The van der Waals surface area contributed by atoms with Gasteiger partial charge >= 0.3 is 0 Å². The number of rotatable bonds is 11. The van der Waals surface area contributed by atoms with E-state index in [1.54, 1.807) is 0 Å². The number of anilines is 3. The van der Waals surface area contributed by atoms with E-state index in [4.69, 9.17) is 0 Å². The molecule has 0 fully saturated rings. The van der Waals surface area contributed by atoms with E-state index < -0.39 is 21.6 Å². The van der Waals surface area contributed by atoms with Crippen LogP contribution in [0.1, 0.15) is 22.3 Å². The third kappa shape index (κ3) is 7.58. The number of fused-ring (bicyclic) bond motifs is 9. The van der Waals surface area contributed by atoms with E-state index in [2.05, 4.69) is 351 Å². The molecular formula is C79H57NSi2. The van der Waals surface area contributed by atoms with Gasteiger partial charge in [-0.05, 0) is 134 Å². The van der Waals surface area contributed by atoms with E-state index >= 15 is 0 Å². The summed E-state index contributed by atoms with van der Waals surface area (Å²) in [4.78, 5) is 2.48. The van der Waals surface area contributed by atoms with Gasteiger partial charge in [0, 0.05) is 5.69 Å². The molecule has 1 spiro atoms. The summed E-state index contributed by atoms with van der Waals surface area (Å²) in [5.41, 5.74) is 15.3. The molecule has 0 radical (unpaired) electrons. The first kappa shape index (κ1) is 49.2. The predicted molar refractivity (Wildman–Crippen MR) is 350 cm³/mol. The average Bonchev–Trinajstić information content (AvgIpc) is 3.82. The molecule has 1 aliphatic heterocycles. The lowest BCUT2D eigenvalue weighted by Crippen LogP contribution is -2.74. The summed E-state index contributed by atoms with van der Waals surface area (Å²) in [5, 5.41) is 10.9. The number of para-hydroxylation sites is 3. The van der Waals surface area contributed by atoms with Crippen molar-refractivity contribution in [1.29, 1.82) is 0 Å². The molecule has 1 heterocycles. The van der Waals surface area contributed by atoms with Crippen molar-refractivity contribution in [1.82, 2.24) is 0 Å². The van der Waals surface area contributed by atoms with Crippen molar-refractivity contribution in [2.24, 2.45) is 0 Å². The molecule has 13 aromatic rings. The minimum absolute atomic E-state index is 0.652. The Morgan fingerprint density at radius 3 is 0.780 bits per heavy atom. The van der Waals surface area contributed by atoms with Crippen LogP contribution in [0.4, 0.5) is 17.1 Å². The Morgan fingerprint density at radius 2 is 0.463 bits per heavy atom. The predicted octanol–water partition coefficient (Wildman–Crippen LogP) is 13.9. The van der Waals surface area contributed by atoms with Crippen molar-refractivity contribution >= 4 is 74.7 Å². The fourth-order valence-electron chi connectivity index (χ4n) is 14.3. The van der Waals surface area contributed by atoms with Crippen LogP contribution in [-0.2, 0) is 5.41 Å². The van der Waals surface area contributed by atoms with Gasteiger partial charge in [-0.3, -0.25) is 0 Å². The molecule has 0 unspecified atom stereocenters. The molecule has 2 aliphatic rings. The summed E-state index contributed by atoms with van der Waals surface area (Å²) in [7, 11) is -5.45. The monoisotopic (exact) mass is 1080 g/mol. The van der Waals surface area contributed by atoms with Gasteiger partial charge in [0.1, 0.15) is 0 Å². The largest absolute Gasteiger partial charge is 0.310 e. The van der Waals surface area contributed by atoms with Crippen molar-refractivity contribution in [3.63, 3.8) is 0 Å². The van der Waals surface area contributed by atoms with Gasteiger partial charge in [0.2, 0.25) is 0 Å². The zero-order valence-electron chi connectivity index (χ0n) is 45.4. The molecule has 0 saturated carbocycles. The highest BCUT2D eigenvalue weighted by Crippen LogP contribution is 2.64. The standard InChI is InChI=1S/C79H57NSi2/c1-8-26-62(27-9-1)80-77-42-24-22-40-73(77)79(74-41-23-25-43-78(74)80)75-56-60(58-44-50-69(51-45-58)81(63-28-10-2-11-29-63,64-30-12-3-13-31-64)65-32-14-4-15-33-65)48-54-71(75)72-55-49-61(57-76(72)79)59-46-52-70(53-47-59)82(66-34-16-5-17-35-66,67-36-18-6-19-37-67)68-38-20-7-21-39-68/h1-57H. The third-order valence-electron chi connectivity index (χ3n) is 17.8. The molecule has 3 heteroatoms. The zero-order valence-corrected chi connectivity index (χ0v) is 47.4. The zero-order chi connectivity index (χ0) is 54.5. The van der Waals surface area contributed by atoms with Gasteiger partial charge in [-0.15, -0.1) is 0 Å². The van der Waals surface area contributed by atoms with E-state index in [1.807, 2.05) is 0 Å². The van der Waals surface area contributed by atoms with Crippen LogP contribution < -0.4 is 46.4 Å². The summed E-state index contributed by atoms with van der Waals surface area (Å²) in [6, 6.07) is 130. The highest BCUT2D eigenvalue weighted by atomic mass is 28.3. The molecule has 0 N–H and O–H groups in total. The highest BCUT2D eigenvalue weighted by Gasteiger charge is 2.52. The van der Waals surface area contributed by atoms with Gasteiger partial charge in [0.05, 0.1) is 16.8 Å². The van der Waals surface area contributed by atoms with Crippen molar-refractivity contribution in [2.75, 3.05) is 4.90 Å². The van der Waals surface area contributed by atoms with Gasteiger partial charge in [0.15, 0.2) is 16.1 Å². The molecule has 0 saturated heterocycles. The van der Waals surface area contributed by atoms with Crippen molar-refractivity contribution in [2.45, 2.75) is 5.41 Å². The molecule has 386 valence electrons. The second kappa shape index (κ2) is 20.3. The molecule has 0 bridgehead atoms. The number of nitrogens with zero attached hydrogens (tertiary/aromatic N) is 1. The first-order chi connectivity index (χ1) is 40.7. The van der Waals surface area contributed by atoms with Crippen LogP contribution in [0.25, 0.3) is 33.4 Å². The topological polar surface area (TPSA) is 3.24 Å². The number of benzene rings is 13. The quantitative estimate of drug-likeness (QED) is 0.0922. The maximum absolute atomic E-state index is 2.73. The van der Waals surface area contributed by atoms with Crippen LogP contribution in [0.5, 0.6) is 0 Å². The van der Waals surface area contributed by atoms with E-state index in [9.17, 15) is 0 Å². The molecule has 1 aliphatic carbocycles. The smallest absolute Gasteiger partial charge is 0.179 e. The normalized spacial score (nSPS) is 13.0. The molecule has 82 heavy (non-hydrogen) atoms. The molecule has 0 amide bonds. The van der Waals surface area contributed by atoms with Gasteiger partial charge in [-0.1, -0.05) is 309 Å². The fourth-order valence-corrected chi connectivity index (χ4v) is 23.8. The minimum Gasteiger partial charge on any atom is -0.310 e. The average molecular weight is 1080 g/mol. The van der Waals surface area contributed by atoms with Gasteiger partial charge in [-0.2, -0.15) is 0 Å². The Balaban J connectivity index is 0.916. The van der Waals surface area contributed by atoms with Crippen LogP contribution in [0.15, 0.2) is 346 Å². The van der Waals surface area contributed by atoms with E-state index in [0.29, 0.717) is 0 Å². The first-order valence-corrected chi connectivity index (χ1v) is 32.6. The summed E-state index contributed by atoms with van der Waals surface area (Å²) >= 11 is 0. The second-order valence-corrected chi connectivity index (χ2v) is 29.4. The minimum atomic E-state index is -2.73. The summed E-state index contributed by atoms with van der Waals surface area (Å²) in [6.07, 6.45) is 0. The van der Waals surface area contributed by atoms with Gasteiger partial charge in [0.25, 0.3) is 0 Å². The SMILES string of the molecule is c1ccc(N2c3ccccc3C3(c4cc(-c5ccc([Si](c6ccccc6)(c6ccccc6)c6ccccc6)cc5)ccc4-c4ccc(-c5ccc([Si](c6ccccc6)(c6ccccc6)c6ccccc6)cc5)cc43)c3ccccc32)cc1. The summed E-state index contributed by atoms with van der Waals surface area (Å²) in [6.45, 7) is 0. The molecule has 0 atom stereocenters. The van der Waals surface area contributed by atoms with Gasteiger partial charge in [-0.25, -0.2) is 0 Å². The Bertz CT molecular complexity index is 3940. The van der Waals surface area contributed by atoms with Crippen LogP contribution in [0.2, 0.25) is 0 Å². The molecule has 0 aromatic heterocycles. The Kier molecular flexibility index (Phi) is 12.2. The van der Waals surface area contributed by atoms with Gasteiger partial charge < -0.3 is 4.90 Å². The van der Waals surface area contributed by atoms with E-state index in [0.717, 1.165) is 5.69 Å². The lowest BCUT2D eigenvalue weighted by atomic mass is 9.64. The van der Waals surface area contributed by atoms with E-state index in [1.165, 1.54) is 109 Å². The molecule has 1 nitrogen and oxygen atoms in total. The molecule has 15 rings (SSSR count). The van der Waals surface area contributed by atoms with Crippen LogP contribution >= 0.6 is 0 Å². The third-order valence-corrected chi connectivity index (χ3v) is 27.4. The van der Waals surface area contributed by atoms with Crippen molar-refractivity contribution in [3.8, 4) is 33.4 Å².